The fourth-order valence-electron chi connectivity index (χ4n) is 3.22. The second kappa shape index (κ2) is 9.42. The Kier molecular flexibility index (Phi) is 7.08. The topological polar surface area (TPSA) is 70.6 Å². The van der Waals surface area contributed by atoms with Gasteiger partial charge in [-0.2, -0.15) is 0 Å². The molecule has 0 aliphatic heterocycles. The van der Waals surface area contributed by atoms with Crippen LogP contribution in [0.1, 0.15) is 17.5 Å². The lowest BCUT2D eigenvalue weighted by molar-refractivity contribution is -0.118. The summed E-state index contributed by atoms with van der Waals surface area (Å²) in [6.45, 7) is 5.03. The number of likely N-dealkylation sites (N-methyl/N-ethyl adjacent to an activating group) is 1. The Labute approximate surface area is 186 Å². The van der Waals surface area contributed by atoms with Gasteiger partial charge in [0.15, 0.2) is 15.0 Å². The van der Waals surface area contributed by atoms with Crippen LogP contribution in [-0.4, -0.2) is 57.1 Å². The van der Waals surface area contributed by atoms with Crippen LogP contribution in [0.25, 0.3) is 10.2 Å². The summed E-state index contributed by atoms with van der Waals surface area (Å²) < 4.78 is 39.3. The van der Waals surface area contributed by atoms with E-state index < -0.39 is 15.7 Å². The van der Waals surface area contributed by atoms with Crippen LogP contribution in [-0.2, 0) is 14.6 Å². The van der Waals surface area contributed by atoms with Crippen molar-refractivity contribution in [1.29, 1.82) is 0 Å². The van der Waals surface area contributed by atoms with E-state index in [1.54, 1.807) is 4.90 Å². The third kappa shape index (κ3) is 5.66. The van der Waals surface area contributed by atoms with E-state index >= 15 is 0 Å². The van der Waals surface area contributed by atoms with E-state index in [2.05, 4.69) is 11.1 Å². The van der Waals surface area contributed by atoms with Gasteiger partial charge in [0, 0.05) is 19.5 Å². The zero-order valence-corrected chi connectivity index (χ0v) is 19.7. The van der Waals surface area contributed by atoms with E-state index in [0.29, 0.717) is 18.2 Å². The molecule has 0 radical (unpaired) electrons. The molecule has 0 fully saturated rings. The van der Waals surface area contributed by atoms with Crippen LogP contribution < -0.4 is 4.90 Å². The number of carbonyl (C=O) groups excluding carboxylic acids is 1. The Balaban J connectivity index is 1.84. The number of amides is 1. The fraction of sp³-hybridized carbons (Fsp3) is 0.364. The maximum absolute atomic E-state index is 13.1. The predicted octanol–water partition coefficient (Wildman–Crippen LogP) is 3.81. The molecule has 0 N–H and O–H groups in total. The Morgan fingerprint density at radius 2 is 1.77 bits per heavy atom. The quantitative estimate of drug-likeness (QED) is 0.475. The molecule has 1 amide bonds. The van der Waals surface area contributed by atoms with Gasteiger partial charge < -0.3 is 4.90 Å². The first-order valence-corrected chi connectivity index (χ1v) is 12.3. The molecule has 0 bridgehead atoms. The molecular formula is C22H26FN3O3S2. The van der Waals surface area contributed by atoms with Crippen LogP contribution >= 0.6 is 11.3 Å². The summed E-state index contributed by atoms with van der Waals surface area (Å²) in [6, 6.07) is 8.70. The second-order valence-corrected chi connectivity index (χ2v) is 10.9. The predicted molar refractivity (Wildman–Crippen MR) is 123 cm³/mol. The number of carbonyl (C=O) groups is 1. The molecule has 0 saturated heterocycles. The Bertz CT molecular complexity index is 1190. The molecule has 1 heterocycles. The molecule has 0 unspecified atom stereocenters. The summed E-state index contributed by atoms with van der Waals surface area (Å²) in [6.07, 6.45) is -0.179. The molecule has 9 heteroatoms. The molecule has 0 atom stereocenters. The molecular weight excluding hydrogens is 437 g/mol. The Hall–Kier alpha value is -2.36. The highest BCUT2D eigenvalue weighted by molar-refractivity contribution is 7.91. The van der Waals surface area contributed by atoms with E-state index in [4.69, 9.17) is 0 Å². The largest absolute Gasteiger partial charge is 0.308 e. The summed E-state index contributed by atoms with van der Waals surface area (Å²) in [5, 5.41) is 0.565. The van der Waals surface area contributed by atoms with Gasteiger partial charge >= 0.3 is 0 Å². The first kappa shape index (κ1) is 23.3. The number of benzene rings is 2. The number of hydrogen-bond donors (Lipinski definition) is 0. The van der Waals surface area contributed by atoms with Gasteiger partial charge in [0.25, 0.3) is 0 Å². The minimum absolute atomic E-state index is 0.00706. The average Bonchev–Trinajstić information content (AvgIpc) is 3.10. The van der Waals surface area contributed by atoms with Gasteiger partial charge in [0.2, 0.25) is 5.91 Å². The number of aromatic nitrogens is 1. The van der Waals surface area contributed by atoms with Crippen LogP contribution in [0.4, 0.5) is 9.52 Å². The number of nitrogens with zero attached hydrogens (tertiary/aromatic N) is 3. The van der Waals surface area contributed by atoms with Gasteiger partial charge in [0.1, 0.15) is 5.82 Å². The Morgan fingerprint density at radius 1 is 1.10 bits per heavy atom. The van der Waals surface area contributed by atoms with Crippen molar-refractivity contribution in [1.82, 2.24) is 9.88 Å². The van der Waals surface area contributed by atoms with Crippen molar-refractivity contribution in [3.8, 4) is 0 Å². The van der Waals surface area contributed by atoms with Gasteiger partial charge in [-0.3, -0.25) is 9.69 Å². The van der Waals surface area contributed by atoms with Crippen LogP contribution in [0, 0.1) is 19.7 Å². The SMILES string of the molecule is Cc1cc(C)c2sc(N(CCN(C)C)C(=O)CCS(=O)(=O)c3ccc(F)cc3)nc2c1. The van der Waals surface area contributed by atoms with Crippen molar-refractivity contribution >= 4 is 42.4 Å². The molecule has 2 aromatic carbocycles. The summed E-state index contributed by atoms with van der Waals surface area (Å²) in [5.74, 6) is -1.16. The molecule has 0 aliphatic carbocycles. The summed E-state index contributed by atoms with van der Waals surface area (Å²) in [5.41, 5.74) is 3.02. The normalized spacial score (nSPS) is 11.9. The van der Waals surface area contributed by atoms with Crippen LogP contribution in [0.2, 0.25) is 0 Å². The van der Waals surface area contributed by atoms with Crippen LogP contribution in [0.3, 0.4) is 0 Å². The van der Waals surface area contributed by atoms with Gasteiger partial charge in [-0.25, -0.2) is 17.8 Å². The number of fused-ring (bicyclic) bond motifs is 1. The van der Waals surface area contributed by atoms with Crippen molar-refractivity contribution in [3.63, 3.8) is 0 Å². The number of halogens is 1. The van der Waals surface area contributed by atoms with E-state index in [-0.39, 0.29) is 23.0 Å². The number of anilines is 1. The van der Waals surface area contributed by atoms with Gasteiger partial charge in [-0.15, -0.1) is 0 Å². The zero-order chi connectivity index (χ0) is 22.8. The lowest BCUT2D eigenvalue weighted by Crippen LogP contribution is -2.37. The summed E-state index contributed by atoms with van der Waals surface area (Å²) >= 11 is 1.44. The zero-order valence-electron chi connectivity index (χ0n) is 18.1. The minimum atomic E-state index is -3.70. The lowest BCUT2D eigenvalue weighted by atomic mass is 10.1. The molecule has 0 spiro atoms. The van der Waals surface area contributed by atoms with E-state index in [1.807, 2.05) is 38.9 Å². The van der Waals surface area contributed by atoms with Crippen molar-refractivity contribution in [2.45, 2.75) is 25.2 Å². The van der Waals surface area contributed by atoms with Gasteiger partial charge in [-0.05, 0) is 69.4 Å². The maximum Gasteiger partial charge on any atom is 0.229 e. The summed E-state index contributed by atoms with van der Waals surface area (Å²) in [4.78, 5) is 21.3. The monoisotopic (exact) mass is 463 g/mol. The first-order chi connectivity index (χ1) is 14.6. The number of sulfone groups is 1. The smallest absolute Gasteiger partial charge is 0.229 e. The van der Waals surface area contributed by atoms with Crippen molar-refractivity contribution < 1.29 is 17.6 Å². The van der Waals surface area contributed by atoms with E-state index in [1.165, 1.54) is 23.5 Å². The number of rotatable bonds is 8. The molecule has 3 aromatic rings. The average molecular weight is 464 g/mol. The molecule has 0 saturated carbocycles. The second-order valence-electron chi connectivity index (χ2n) is 7.80. The van der Waals surface area contributed by atoms with Crippen LogP contribution in [0.5, 0.6) is 0 Å². The Morgan fingerprint density at radius 3 is 2.42 bits per heavy atom. The molecule has 1 aromatic heterocycles. The molecule has 31 heavy (non-hydrogen) atoms. The molecule has 6 nitrogen and oxygen atoms in total. The van der Waals surface area contributed by atoms with Crippen LogP contribution in [0.15, 0.2) is 41.3 Å². The highest BCUT2D eigenvalue weighted by Crippen LogP contribution is 2.32. The number of hydrogen-bond acceptors (Lipinski definition) is 6. The highest BCUT2D eigenvalue weighted by atomic mass is 32.2. The highest BCUT2D eigenvalue weighted by Gasteiger charge is 2.23. The van der Waals surface area contributed by atoms with E-state index in [9.17, 15) is 17.6 Å². The molecule has 3 rings (SSSR count). The fourth-order valence-corrected chi connectivity index (χ4v) is 5.51. The van der Waals surface area contributed by atoms with Crippen molar-refractivity contribution in [2.24, 2.45) is 0 Å². The summed E-state index contributed by atoms with van der Waals surface area (Å²) in [7, 11) is 0.123. The third-order valence-corrected chi connectivity index (χ3v) is 7.83. The van der Waals surface area contributed by atoms with Crippen molar-refractivity contribution in [2.75, 3.05) is 37.8 Å². The third-order valence-electron chi connectivity index (χ3n) is 4.87. The number of aryl methyl sites for hydroxylation is 2. The van der Waals surface area contributed by atoms with Gasteiger partial charge in [0.05, 0.1) is 20.9 Å². The maximum atomic E-state index is 13.1. The first-order valence-electron chi connectivity index (χ1n) is 9.88. The minimum Gasteiger partial charge on any atom is -0.308 e. The standard InChI is InChI=1S/C22H26FN3O3S2/c1-15-13-16(2)21-19(14-15)24-22(30-21)26(11-10-25(3)4)20(27)9-12-31(28,29)18-7-5-17(23)6-8-18/h5-8,13-14H,9-12H2,1-4H3. The molecule has 166 valence electrons. The lowest BCUT2D eigenvalue weighted by Gasteiger charge is -2.22. The van der Waals surface area contributed by atoms with Crippen molar-refractivity contribution in [3.05, 3.63) is 53.3 Å². The molecule has 0 aliphatic rings. The van der Waals surface area contributed by atoms with Gasteiger partial charge in [-0.1, -0.05) is 17.4 Å². The van der Waals surface area contributed by atoms with E-state index in [0.717, 1.165) is 33.5 Å². The number of thiazole rings is 1.